The van der Waals surface area contributed by atoms with E-state index in [-0.39, 0.29) is 11.9 Å². The first-order chi connectivity index (χ1) is 9.52. The number of thiocarbonyl (C=S) groups is 1. The second-order valence-electron chi connectivity index (χ2n) is 4.69. The second kappa shape index (κ2) is 4.85. The lowest BCUT2D eigenvalue weighted by atomic mass is 10.1. The summed E-state index contributed by atoms with van der Waals surface area (Å²) in [6.07, 6.45) is -1.81. The molecule has 0 radical (unpaired) electrons. The summed E-state index contributed by atoms with van der Waals surface area (Å²) < 4.78 is 19.4. The third kappa shape index (κ3) is 1.94. The molecule has 0 bridgehead atoms. The fraction of sp³-hybridized carbons (Fsp3) is 0.545. The van der Waals surface area contributed by atoms with E-state index >= 15 is 0 Å². The van der Waals surface area contributed by atoms with E-state index < -0.39 is 31.2 Å². The van der Waals surface area contributed by atoms with E-state index in [4.69, 9.17) is 27.8 Å². The van der Waals surface area contributed by atoms with Crippen molar-refractivity contribution in [3.63, 3.8) is 0 Å². The Balaban J connectivity index is 1.87. The van der Waals surface area contributed by atoms with Crippen LogP contribution in [0.2, 0.25) is 0 Å². The number of nitrogens with zero attached hydrogens (tertiary/aromatic N) is 3. The van der Waals surface area contributed by atoms with Gasteiger partial charge in [0.05, 0.1) is 12.5 Å². The number of hydrogen-bond acceptors (Lipinski definition) is 7. The molecule has 1 fully saturated rings. The van der Waals surface area contributed by atoms with E-state index in [0.717, 1.165) is 0 Å². The summed E-state index contributed by atoms with van der Waals surface area (Å²) >= 11 is 5.10. The van der Waals surface area contributed by atoms with Crippen molar-refractivity contribution in [3.05, 3.63) is 12.3 Å². The van der Waals surface area contributed by atoms with Crippen LogP contribution in [0.5, 0.6) is 0 Å². The normalized spacial score (nSPS) is 39.9. The van der Waals surface area contributed by atoms with Crippen molar-refractivity contribution < 1.29 is 19.3 Å². The molecule has 0 aliphatic carbocycles. The fourth-order valence-electron chi connectivity index (χ4n) is 2.44. The van der Waals surface area contributed by atoms with E-state index in [9.17, 15) is 9.50 Å². The largest absolute Gasteiger partial charge is 0.394 e. The number of ether oxygens (including phenoxy) is 1. The molecule has 20 heavy (non-hydrogen) atoms. The van der Waals surface area contributed by atoms with Gasteiger partial charge in [-0.05, 0) is 0 Å². The van der Waals surface area contributed by atoms with Crippen molar-refractivity contribution in [1.82, 2.24) is 4.90 Å². The molecule has 1 saturated heterocycles. The van der Waals surface area contributed by atoms with E-state index in [1.807, 2.05) is 0 Å². The number of guanidine groups is 1. The summed E-state index contributed by atoms with van der Waals surface area (Å²) in [6.45, 7) is -0.465. The zero-order valence-electron chi connectivity index (χ0n) is 10.3. The summed E-state index contributed by atoms with van der Waals surface area (Å²) in [5.74, 6) is 0.0713. The highest BCUT2D eigenvalue weighted by atomic mass is 32.1. The predicted octanol–water partition coefficient (Wildman–Crippen LogP) is -1.10. The molecule has 5 atom stereocenters. The number of halogens is 1. The summed E-state index contributed by atoms with van der Waals surface area (Å²) in [5, 5.41) is 18.7. The van der Waals surface area contributed by atoms with Gasteiger partial charge in [0.25, 0.3) is 0 Å². The number of alkyl halides is 1. The number of fused-ring (bicyclic) bond motifs is 1. The summed E-state index contributed by atoms with van der Waals surface area (Å²) in [7, 11) is 0. The van der Waals surface area contributed by atoms with Gasteiger partial charge < -0.3 is 25.6 Å². The molecule has 0 aromatic rings. The molecule has 9 heteroatoms. The molecule has 3 aliphatic rings. The van der Waals surface area contributed by atoms with E-state index in [1.54, 1.807) is 12.3 Å². The predicted molar refractivity (Wildman–Crippen MR) is 72.8 cm³/mol. The van der Waals surface area contributed by atoms with E-state index in [0.29, 0.717) is 10.8 Å². The monoisotopic (exact) mass is 300 g/mol. The Kier molecular flexibility index (Phi) is 3.28. The maximum atomic E-state index is 14.1. The van der Waals surface area contributed by atoms with Gasteiger partial charge in [-0.3, -0.25) is 0 Å². The Morgan fingerprint density at radius 3 is 2.90 bits per heavy atom. The van der Waals surface area contributed by atoms with Gasteiger partial charge in [-0.1, -0.05) is 18.3 Å². The molecule has 0 saturated carbocycles. The van der Waals surface area contributed by atoms with Gasteiger partial charge in [0.15, 0.2) is 12.4 Å². The molecule has 0 spiro atoms. The smallest absolute Gasteiger partial charge is 0.222 e. The van der Waals surface area contributed by atoms with Crippen LogP contribution in [0.25, 0.3) is 0 Å². The van der Waals surface area contributed by atoms with Crippen LogP contribution in [0.15, 0.2) is 22.3 Å². The van der Waals surface area contributed by atoms with Gasteiger partial charge in [0.1, 0.15) is 23.0 Å². The first kappa shape index (κ1) is 13.6. The van der Waals surface area contributed by atoms with E-state index in [2.05, 4.69) is 9.98 Å². The average Bonchev–Trinajstić information content (AvgIpc) is 2.93. The minimum absolute atomic E-state index is 0.00242. The van der Waals surface area contributed by atoms with Crippen molar-refractivity contribution in [2.45, 2.75) is 24.6 Å². The van der Waals surface area contributed by atoms with Crippen LogP contribution < -0.4 is 5.73 Å². The Morgan fingerprint density at radius 2 is 2.25 bits per heavy atom. The van der Waals surface area contributed by atoms with Crippen LogP contribution in [0.1, 0.15) is 0 Å². The molecule has 4 N–H and O–H groups in total. The number of nitrogens with two attached hydrogens (primary N) is 1. The van der Waals surface area contributed by atoms with E-state index in [1.165, 1.54) is 4.90 Å². The first-order valence-electron chi connectivity index (χ1n) is 6.04. The molecule has 0 amide bonds. The number of aliphatic hydroxyl groups excluding tert-OH is 2. The fourth-order valence-corrected chi connectivity index (χ4v) is 2.72. The summed E-state index contributed by atoms with van der Waals surface area (Å²) in [6, 6.07) is 0. The molecule has 0 aromatic heterocycles. The van der Waals surface area contributed by atoms with Crippen molar-refractivity contribution in [1.29, 1.82) is 0 Å². The van der Waals surface area contributed by atoms with Gasteiger partial charge in [-0.2, -0.15) is 4.99 Å². The molecular formula is C11H13FN4O3S. The highest BCUT2D eigenvalue weighted by Crippen LogP contribution is 2.32. The van der Waals surface area contributed by atoms with Crippen molar-refractivity contribution in [2.24, 2.45) is 21.6 Å². The summed E-state index contributed by atoms with van der Waals surface area (Å²) in [5.41, 5.74) is 5.55. The van der Waals surface area contributed by atoms with Gasteiger partial charge >= 0.3 is 0 Å². The third-order valence-electron chi connectivity index (χ3n) is 3.45. The minimum atomic E-state index is -1.67. The van der Waals surface area contributed by atoms with Gasteiger partial charge in [-0.25, -0.2) is 9.38 Å². The molecular weight excluding hydrogens is 287 g/mol. The lowest BCUT2D eigenvalue weighted by Crippen LogP contribution is -2.44. The van der Waals surface area contributed by atoms with Gasteiger partial charge in [-0.15, -0.1) is 0 Å². The van der Waals surface area contributed by atoms with Crippen LogP contribution in [-0.4, -0.2) is 63.1 Å². The molecule has 3 rings (SSSR count). The SMILES string of the molecule is NC1=NC(=S)C2C=CN([C@@H]3O[C@H](CO)[C@@H](O)[C@@H]3F)C2=N1. The number of aliphatic hydroxyl groups is 2. The lowest BCUT2D eigenvalue weighted by Gasteiger charge is -2.28. The molecule has 1 unspecified atom stereocenters. The van der Waals surface area contributed by atoms with Crippen molar-refractivity contribution >= 4 is 29.0 Å². The zero-order valence-corrected chi connectivity index (χ0v) is 11.1. The molecule has 3 aliphatic heterocycles. The minimum Gasteiger partial charge on any atom is -0.394 e. The van der Waals surface area contributed by atoms with Crippen molar-refractivity contribution in [3.8, 4) is 0 Å². The van der Waals surface area contributed by atoms with Crippen LogP contribution in [0, 0.1) is 5.92 Å². The highest BCUT2D eigenvalue weighted by Gasteiger charge is 2.49. The van der Waals surface area contributed by atoms with Crippen LogP contribution >= 0.6 is 12.2 Å². The molecule has 108 valence electrons. The zero-order chi connectivity index (χ0) is 14.4. The topological polar surface area (TPSA) is 104 Å². The summed E-state index contributed by atoms with van der Waals surface area (Å²) in [4.78, 5) is 9.73. The molecule has 0 aromatic carbocycles. The average molecular weight is 300 g/mol. The standard InChI is InChI=1S/C11H13FN4O3S/c12-6-7(18)5(3-17)19-10(6)16-2-1-4-8(16)14-11(13)15-9(4)20/h1-2,4-7,10,17-18H,3H2,(H2,13,15,20)/t4?,5-,6+,7-,10-/m1/s1. The number of rotatable bonds is 2. The Hall–Kier alpha value is -1.42. The quantitative estimate of drug-likeness (QED) is 0.560. The first-order valence-corrected chi connectivity index (χ1v) is 6.45. The lowest BCUT2D eigenvalue weighted by molar-refractivity contribution is -0.0517. The Morgan fingerprint density at radius 1 is 1.50 bits per heavy atom. The second-order valence-corrected chi connectivity index (χ2v) is 5.11. The molecule has 3 heterocycles. The maximum absolute atomic E-state index is 14.1. The number of amidine groups is 1. The Bertz CT molecular complexity index is 538. The number of hydrogen-bond donors (Lipinski definition) is 3. The van der Waals surface area contributed by atoms with Crippen molar-refractivity contribution in [2.75, 3.05) is 6.61 Å². The number of aliphatic imine (C=N–C) groups is 2. The maximum Gasteiger partial charge on any atom is 0.222 e. The van der Waals surface area contributed by atoms with Crippen LogP contribution in [0.3, 0.4) is 0 Å². The Labute approximate surface area is 119 Å². The third-order valence-corrected chi connectivity index (χ3v) is 3.79. The van der Waals surface area contributed by atoms with Gasteiger partial charge in [0.2, 0.25) is 5.96 Å². The van der Waals surface area contributed by atoms with Crippen LogP contribution in [0.4, 0.5) is 4.39 Å². The highest BCUT2D eigenvalue weighted by molar-refractivity contribution is 7.80. The van der Waals surface area contributed by atoms with Crippen LogP contribution in [-0.2, 0) is 4.74 Å². The van der Waals surface area contributed by atoms with Gasteiger partial charge in [0, 0.05) is 6.20 Å². The molecule has 7 nitrogen and oxygen atoms in total.